The van der Waals surface area contributed by atoms with E-state index in [9.17, 15) is 9.59 Å². The van der Waals surface area contributed by atoms with E-state index in [0.29, 0.717) is 0 Å². The number of imide groups is 1. The Kier molecular flexibility index (Phi) is 5.80. The lowest BCUT2D eigenvalue weighted by molar-refractivity contribution is 0.233. The molecule has 0 aliphatic heterocycles. The number of urea groups is 2. The first-order chi connectivity index (χ1) is 3.66. The van der Waals surface area contributed by atoms with Crippen molar-refractivity contribution in [1.82, 2.24) is 10.6 Å². The number of hydrogen-bond acceptors (Lipinski definition) is 2. The van der Waals surface area contributed by atoms with E-state index in [4.69, 9.17) is 0 Å². The molecule has 5 nitrogen and oxygen atoms in total. The van der Waals surface area contributed by atoms with Gasteiger partial charge in [0.1, 0.15) is 0 Å². The summed E-state index contributed by atoms with van der Waals surface area (Å²) in [7, 11) is 1.39. The van der Waals surface area contributed by atoms with Crippen molar-refractivity contribution in [3.63, 3.8) is 0 Å². The molecule has 4 amide bonds. The lowest BCUT2D eigenvalue weighted by Gasteiger charge is -1.95. The molecule has 0 aliphatic rings. The average molecular weight is 133 g/mol. The van der Waals surface area contributed by atoms with Gasteiger partial charge in [-0.05, 0) is 0 Å². The first-order valence-corrected chi connectivity index (χ1v) is 1.95. The monoisotopic (exact) mass is 133 g/mol. The molecule has 0 aromatic heterocycles. The molecule has 54 valence electrons. The van der Waals surface area contributed by atoms with Gasteiger partial charge in [-0.25, -0.2) is 9.59 Å². The first-order valence-electron chi connectivity index (χ1n) is 1.95. The maximum Gasteiger partial charge on any atom is 0.322 e. The standard InChI is InChI=1S/C3H7N3O2.CH4/c1-5-3(8)6-2(4)7;/h1H3,(H4,4,5,6,7,8);1H4. The van der Waals surface area contributed by atoms with Crippen molar-refractivity contribution in [2.24, 2.45) is 5.73 Å². The fourth-order valence-corrected chi connectivity index (χ4v) is 0.174. The maximum absolute atomic E-state index is 10.1. The number of carbonyl (C=O) groups is 2. The minimum atomic E-state index is -0.857. The van der Waals surface area contributed by atoms with Crippen molar-refractivity contribution in [3.8, 4) is 0 Å². The fraction of sp³-hybridized carbons (Fsp3) is 0.500. The van der Waals surface area contributed by atoms with E-state index < -0.39 is 12.1 Å². The third-order valence-corrected chi connectivity index (χ3v) is 0.464. The highest BCUT2D eigenvalue weighted by Gasteiger charge is 1.96. The van der Waals surface area contributed by atoms with Gasteiger partial charge in [-0.15, -0.1) is 0 Å². The van der Waals surface area contributed by atoms with Crippen LogP contribution >= 0.6 is 0 Å². The molecule has 0 atom stereocenters. The van der Waals surface area contributed by atoms with E-state index >= 15 is 0 Å². The second kappa shape index (κ2) is 4.89. The Morgan fingerprint density at radius 1 is 1.44 bits per heavy atom. The summed E-state index contributed by atoms with van der Waals surface area (Å²) in [6.45, 7) is 0. The summed E-state index contributed by atoms with van der Waals surface area (Å²) in [5.74, 6) is 0. The summed E-state index contributed by atoms with van der Waals surface area (Å²) in [5, 5.41) is 3.93. The van der Waals surface area contributed by atoms with Crippen LogP contribution in [-0.2, 0) is 0 Å². The predicted octanol–water partition coefficient (Wildman–Crippen LogP) is -0.370. The second-order valence-electron chi connectivity index (χ2n) is 1.07. The Morgan fingerprint density at radius 3 is 2.00 bits per heavy atom. The highest BCUT2D eigenvalue weighted by molar-refractivity contribution is 5.92. The second-order valence-corrected chi connectivity index (χ2v) is 1.07. The number of hydrogen-bond donors (Lipinski definition) is 3. The highest BCUT2D eigenvalue weighted by Crippen LogP contribution is 1.57. The van der Waals surface area contributed by atoms with Crippen LogP contribution in [0, 0.1) is 0 Å². The Balaban J connectivity index is 0. The molecule has 0 radical (unpaired) electrons. The molecule has 0 heterocycles. The zero-order valence-electron chi connectivity index (χ0n) is 4.39. The Hall–Kier alpha value is -1.26. The maximum atomic E-state index is 10.1. The Bertz CT molecular complexity index is 112. The smallest absolute Gasteiger partial charge is 0.322 e. The van der Waals surface area contributed by atoms with Crippen LogP contribution in [0.5, 0.6) is 0 Å². The molecular weight excluding hydrogens is 122 g/mol. The summed E-state index contributed by atoms with van der Waals surface area (Å²) in [6.07, 6.45) is 0. The van der Waals surface area contributed by atoms with Gasteiger partial charge in [-0.3, -0.25) is 5.32 Å². The van der Waals surface area contributed by atoms with Gasteiger partial charge < -0.3 is 11.1 Å². The summed E-state index contributed by atoms with van der Waals surface area (Å²) < 4.78 is 0. The lowest BCUT2D eigenvalue weighted by Crippen LogP contribution is -2.40. The third-order valence-electron chi connectivity index (χ3n) is 0.464. The van der Waals surface area contributed by atoms with Crippen molar-refractivity contribution in [2.45, 2.75) is 7.43 Å². The van der Waals surface area contributed by atoms with Crippen LogP contribution in [0.4, 0.5) is 9.59 Å². The van der Waals surface area contributed by atoms with Gasteiger partial charge >= 0.3 is 12.1 Å². The van der Waals surface area contributed by atoms with Gasteiger partial charge in [0.05, 0.1) is 0 Å². The number of rotatable bonds is 0. The summed E-state index contributed by atoms with van der Waals surface area (Å²) in [5.41, 5.74) is 4.56. The quantitative estimate of drug-likeness (QED) is 0.421. The van der Waals surface area contributed by atoms with Crippen molar-refractivity contribution in [3.05, 3.63) is 0 Å². The summed E-state index contributed by atoms with van der Waals surface area (Å²) >= 11 is 0. The fourth-order valence-electron chi connectivity index (χ4n) is 0.174. The molecule has 0 aromatic rings. The van der Waals surface area contributed by atoms with E-state index in [0.717, 1.165) is 0 Å². The SMILES string of the molecule is C.CNC(=O)NC(N)=O. The molecule has 0 saturated carbocycles. The summed E-state index contributed by atoms with van der Waals surface area (Å²) in [4.78, 5) is 19.9. The molecule has 0 unspecified atom stereocenters. The summed E-state index contributed by atoms with van der Waals surface area (Å²) in [6, 6.07) is -1.46. The zero-order valence-corrected chi connectivity index (χ0v) is 4.39. The molecule has 9 heavy (non-hydrogen) atoms. The van der Waals surface area contributed by atoms with Crippen molar-refractivity contribution in [1.29, 1.82) is 0 Å². The molecule has 0 spiro atoms. The molecule has 0 aromatic carbocycles. The van der Waals surface area contributed by atoms with Crippen LogP contribution in [0.15, 0.2) is 0 Å². The number of primary amides is 1. The number of nitrogens with one attached hydrogen (secondary N) is 2. The Morgan fingerprint density at radius 2 is 1.89 bits per heavy atom. The molecule has 0 rings (SSSR count). The van der Waals surface area contributed by atoms with E-state index in [1.165, 1.54) is 7.05 Å². The molecule has 0 fully saturated rings. The molecule has 4 N–H and O–H groups in total. The minimum absolute atomic E-state index is 0. The van der Waals surface area contributed by atoms with Gasteiger partial charge in [-0.1, -0.05) is 7.43 Å². The normalized spacial score (nSPS) is 6.78. The molecule has 0 bridgehead atoms. The molecule has 5 heteroatoms. The van der Waals surface area contributed by atoms with E-state index in [1.54, 1.807) is 5.32 Å². The van der Waals surface area contributed by atoms with Crippen LogP contribution in [0.2, 0.25) is 0 Å². The third kappa shape index (κ3) is 6.74. The van der Waals surface area contributed by atoms with Gasteiger partial charge in [0.25, 0.3) is 0 Å². The molecule has 0 saturated heterocycles. The minimum Gasteiger partial charge on any atom is -0.351 e. The Labute approximate surface area is 53.6 Å². The zero-order chi connectivity index (χ0) is 6.57. The lowest BCUT2D eigenvalue weighted by atomic mass is 10.9. The van der Waals surface area contributed by atoms with Crippen LogP contribution in [0.25, 0.3) is 0 Å². The number of carbonyl (C=O) groups excluding carboxylic acids is 2. The van der Waals surface area contributed by atoms with Crippen molar-refractivity contribution < 1.29 is 9.59 Å². The van der Waals surface area contributed by atoms with Crippen molar-refractivity contribution in [2.75, 3.05) is 7.05 Å². The van der Waals surface area contributed by atoms with E-state index in [-0.39, 0.29) is 7.43 Å². The van der Waals surface area contributed by atoms with Gasteiger partial charge in [-0.2, -0.15) is 0 Å². The molecular formula is C4H11N3O2. The van der Waals surface area contributed by atoms with E-state index in [1.807, 2.05) is 0 Å². The topological polar surface area (TPSA) is 84.2 Å². The first kappa shape index (κ1) is 10.7. The van der Waals surface area contributed by atoms with Crippen LogP contribution in [0.1, 0.15) is 7.43 Å². The predicted molar refractivity (Wildman–Crippen MR) is 33.9 cm³/mol. The van der Waals surface area contributed by atoms with Crippen LogP contribution < -0.4 is 16.4 Å². The van der Waals surface area contributed by atoms with Crippen LogP contribution in [-0.4, -0.2) is 19.1 Å². The van der Waals surface area contributed by atoms with Gasteiger partial charge in [0, 0.05) is 7.05 Å². The average Bonchev–Trinajstić information content (AvgIpc) is 1.65. The number of amides is 4. The highest BCUT2D eigenvalue weighted by atomic mass is 16.2. The van der Waals surface area contributed by atoms with Gasteiger partial charge in [0.15, 0.2) is 0 Å². The number of nitrogens with two attached hydrogens (primary N) is 1. The van der Waals surface area contributed by atoms with E-state index in [2.05, 4.69) is 11.1 Å². The van der Waals surface area contributed by atoms with Gasteiger partial charge in [0.2, 0.25) is 0 Å². The van der Waals surface area contributed by atoms with Crippen molar-refractivity contribution >= 4 is 12.1 Å². The molecule has 0 aliphatic carbocycles. The largest absolute Gasteiger partial charge is 0.351 e. The van der Waals surface area contributed by atoms with Crippen LogP contribution in [0.3, 0.4) is 0 Å².